The topological polar surface area (TPSA) is 99.4 Å². The van der Waals surface area contributed by atoms with E-state index in [-0.39, 0.29) is 23.0 Å². The van der Waals surface area contributed by atoms with Crippen LogP contribution in [-0.2, 0) is 14.8 Å². The Hall–Kier alpha value is -1.46. The zero-order valence-electron chi connectivity index (χ0n) is 22.9. The van der Waals surface area contributed by atoms with E-state index in [4.69, 9.17) is 4.74 Å². The van der Waals surface area contributed by atoms with Crippen molar-refractivity contribution in [2.75, 3.05) is 19.8 Å². The number of aliphatic hydroxyl groups excluding tert-OH is 1. The number of rotatable bonds is 11. The van der Waals surface area contributed by atoms with Crippen LogP contribution in [0.15, 0.2) is 29.2 Å². The molecule has 8 atom stereocenters. The van der Waals surface area contributed by atoms with Crippen LogP contribution in [0.25, 0.3) is 0 Å². The highest BCUT2D eigenvalue weighted by Gasteiger charge is 2.57. The smallest absolute Gasteiger partial charge is 0.240 e. The summed E-state index contributed by atoms with van der Waals surface area (Å²) in [6.45, 7) is 8.40. The van der Waals surface area contributed by atoms with Gasteiger partial charge >= 0.3 is 0 Å². The van der Waals surface area contributed by atoms with Crippen LogP contribution >= 0.6 is 0 Å². The van der Waals surface area contributed by atoms with Gasteiger partial charge in [0.15, 0.2) is 0 Å². The summed E-state index contributed by atoms with van der Waals surface area (Å²) in [5, 5.41) is 18.8. The molecule has 1 unspecified atom stereocenters. The Balaban J connectivity index is 1.48. The lowest BCUT2D eigenvalue weighted by Crippen LogP contribution is -2.51. The molecule has 4 rings (SSSR count). The Bertz CT molecular complexity index is 1050. The molecule has 0 radical (unpaired) electrons. The van der Waals surface area contributed by atoms with E-state index in [9.17, 15) is 18.8 Å². The Morgan fingerprint density at radius 3 is 2.73 bits per heavy atom. The third kappa shape index (κ3) is 5.93. The zero-order valence-corrected chi connectivity index (χ0v) is 23.7. The van der Waals surface area contributed by atoms with Crippen molar-refractivity contribution in [3.8, 4) is 6.07 Å². The summed E-state index contributed by atoms with van der Waals surface area (Å²) in [4.78, 5) is 0.166. The van der Waals surface area contributed by atoms with Crippen LogP contribution in [0.5, 0.6) is 0 Å². The van der Waals surface area contributed by atoms with E-state index < -0.39 is 10.0 Å². The number of benzene rings is 1. The molecule has 3 aliphatic rings. The van der Waals surface area contributed by atoms with Gasteiger partial charge in [0.1, 0.15) is 0 Å². The van der Waals surface area contributed by atoms with E-state index in [1.54, 1.807) is 18.2 Å². The van der Waals surface area contributed by atoms with Gasteiger partial charge in [0.25, 0.3) is 0 Å². The van der Waals surface area contributed by atoms with Crippen LogP contribution in [0.3, 0.4) is 0 Å². The van der Waals surface area contributed by atoms with Gasteiger partial charge in [-0.25, -0.2) is 13.1 Å². The van der Waals surface area contributed by atoms with Crippen molar-refractivity contribution in [3.63, 3.8) is 0 Å². The van der Waals surface area contributed by atoms with Crippen molar-refractivity contribution in [2.45, 2.75) is 89.5 Å². The molecular weight excluding hydrogens is 484 g/mol. The number of hydrogen-bond donors (Lipinski definition) is 2. The van der Waals surface area contributed by atoms with Gasteiger partial charge in [-0.3, -0.25) is 0 Å². The highest BCUT2D eigenvalue weighted by atomic mass is 32.2. The summed E-state index contributed by atoms with van der Waals surface area (Å²) in [5.74, 6) is 3.71. The monoisotopic (exact) mass is 530 g/mol. The molecule has 0 aliphatic heterocycles. The van der Waals surface area contributed by atoms with Gasteiger partial charge in [0, 0.05) is 25.9 Å². The SMILES string of the molecule is CCOCC[C@H]1CC[C@@H]2[C@H](CC[C@]3(C)C([C@@H](C)NS(=O)(=O)c4cccc(C#N)c4)CC[C@@H]23)[C@H]1CCCO. The lowest BCUT2D eigenvalue weighted by molar-refractivity contribution is -0.0625. The van der Waals surface area contributed by atoms with Gasteiger partial charge in [-0.1, -0.05) is 13.0 Å². The maximum Gasteiger partial charge on any atom is 0.240 e. The second kappa shape index (κ2) is 12.2. The first-order chi connectivity index (χ1) is 17.7. The average Bonchev–Trinajstić information content (AvgIpc) is 3.25. The fourth-order valence-electron chi connectivity index (χ4n) is 8.74. The first-order valence-corrected chi connectivity index (χ1v) is 15.9. The molecule has 1 aromatic carbocycles. The minimum absolute atomic E-state index is 0.136. The van der Waals surface area contributed by atoms with E-state index >= 15 is 0 Å². The van der Waals surface area contributed by atoms with Crippen LogP contribution in [-0.4, -0.2) is 39.4 Å². The number of hydrogen-bond acceptors (Lipinski definition) is 5. The Morgan fingerprint density at radius 1 is 1.19 bits per heavy atom. The number of nitriles is 1. The van der Waals surface area contributed by atoms with Gasteiger partial charge in [-0.05, 0) is 131 Å². The number of sulfonamides is 1. The predicted molar refractivity (Wildman–Crippen MR) is 145 cm³/mol. The molecule has 37 heavy (non-hydrogen) atoms. The highest BCUT2D eigenvalue weighted by molar-refractivity contribution is 7.89. The molecule has 2 N–H and O–H groups in total. The van der Waals surface area contributed by atoms with Crippen molar-refractivity contribution in [2.24, 2.45) is 40.9 Å². The maximum atomic E-state index is 13.2. The van der Waals surface area contributed by atoms with Crippen LogP contribution in [0.4, 0.5) is 0 Å². The molecule has 3 fully saturated rings. The number of aliphatic hydroxyl groups is 1. The first kappa shape index (κ1) is 28.5. The standard InChI is InChI=1S/C30H46N2O4S/c1-4-36-18-15-23-10-11-27-26(25(23)9-6-17-33)14-16-30(3)28(12-13-29(27)30)21(2)32-37(34,35)24-8-5-7-22(19-24)20-31/h5,7-8,19,21,23,25-29,32-33H,4,6,9-18H2,1-3H3/t21-,23-,25+,26-,27-,28?,29+,30-/m1/s1. The van der Waals surface area contributed by atoms with Gasteiger partial charge in [-0.2, -0.15) is 5.26 Å². The molecule has 0 spiro atoms. The van der Waals surface area contributed by atoms with Gasteiger partial charge in [0.05, 0.1) is 16.5 Å². The molecule has 0 heterocycles. The van der Waals surface area contributed by atoms with E-state index in [1.807, 2.05) is 13.0 Å². The third-order valence-electron chi connectivity index (χ3n) is 10.3. The minimum atomic E-state index is -3.69. The van der Waals surface area contributed by atoms with Gasteiger partial charge in [-0.15, -0.1) is 0 Å². The van der Waals surface area contributed by atoms with E-state index in [0.717, 1.165) is 45.3 Å². The summed E-state index contributed by atoms with van der Waals surface area (Å²) in [6, 6.07) is 8.16. The van der Waals surface area contributed by atoms with Crippen molar-refractivity contribution in [1.82, 2.24) is 4.72 Å². The normalized spacial score (nSPS) is 34.4. The number of fused-ring (bicyclic) bond motifs is 3. The molecular formula is C30H46N2O4S. The average molecular weight is 531 g/mol. The van der Waals surface area contributed by atoms with E-state index in [0.29, 0.717) is 41.1 Å². The molecule has 1 aromatic rings. The molecule has 6 nitrogen and oxygen atoms in total. The van der Waals surface area contributed by atoms with Crippen molar-refractivity contribution in [3.05, 3.63) is 29.8 Å². The van der Waals surface area contributed by atoms with Gasteiger partial charge in [0.2, 0.25) is 10.0 Å². The van der Waals surface area contributed by atoms with Crippen molar-refractivity contribution < 1.29 is 18.3 Å². The van der Waals surface area contributed by atoms with Crippen LogP contribution in [0.1, 0.15) is 84.1 Å². The third-order valence-corrected chi connectivity index (χ3v) is 11.9. The molecule has 3 aliphatic carbocycles. The Kier molecular flexibility index (Phi) is 9.38. The summed E-state index contributed by atoms with van der Waals surface area (Å²) in [5.41, 5.74) is 0.492. The molecule has 0 amide bonds. The lowest BCUT2D eigenvalue weighted by atomic mass is 9.50. The van der Waals surface area contributed by atoms with Crippen LogP contribution < -0.4 is 4.72 Å². The number of nitrogens with one attached hydrogen (secondary N) is 1. The highest BCUT2D eigenvalue weighted by Crippen LogP contribution is 2.64. The quantitative estimate of drug-likeness (QED) is 0.368. The number of ether oxygens (including phenoxy) is 1. The maximum absolute atomic E-state index is 13.2. The molecule has 0 saturated heterocycles. The second-order valence-corrected chi connectivity index (χ2v) is 13.8. The van der Waals surface area contributed by atoms with Crippen LogP contribution in [0.2, 0.25) is 0 Å². The van der Waals surface area contributed by atoms with E-state index in [2.05, 4.69) is 18.6 Å². The van der Waals surface area contributed by atoms with Gasteiger partial charge < -0.3 is 9.84 Å². The molecule has 0 aromatic heterocycles. The largest absolute Gasteiger partial charge is 0.396 e. The lowest BCUT2D eigenvalue weighted by Gasteiger charge is -2.55. The fourth-order valence-corrected chi connectivity index (χ4v) is 10.1. The Labute approximate surface area is 224 Å². The second-order valence-electron chi connectivity index (χ2n) is 12.1. The van der Waals surface area contributed by atoms with Crippen LogP contribution in [0, 0.1) is 52.3 Å². The molecule has 3 saturated carbocycles. The van der Waals surface area contributed by atoms with Crippen molar-refractivity contribution >= 4 is 10.0 Å². The first-order valence-electron chi connectivity index (χ1n) is 14.5. The number of nitrogens with zero attached hydrogens (tertiary/aromatic N) is 1. The minimum Gasteiger partial charge on any atom is -0.396 e. The summed E-state index contributed by atoms with van der Waals surface area (Å²) in [6.07, 6.45) is 10.2. The Morgan fingerprint density at radius 2 is 2.00 bits per heavy atom. The summed E-state index contributed by atoms with van der Waals surface area (Å²) < 4.78 is 35.1. The van der Waals surface area contributed by atoms with E-state index in [1.165, 1.54) is 31.7 Å². The molecule has 7 heteroatoms. The van der Waals surface area contributed by atoms with Crippen molar-refractivity contribution in [1.29, 1.82) is 5.26 Å². The zero-order chi connectivity index (χ0) is 26.6. The summed E-state index contributed by atoms with van der Waals surface area (Å²) >= 11 is 0. The summed E-state index contributed by atoms with van der Waals surface area (Å²) in [7, 11) is -3.69. The fraction of sp³-hybridized carbons (Fsp3) is 0.767. The predicted octanol–water partition coefficient (Wildman–Crippen LogP) is 5.51. The molecule has 0 bridgehead atoms. The molecule has 206 valence electrons.